The Morgan fingerprint density at radius 1 is 1.11 bits per heavy atom. The molecule has 10 heteroatoms. The third kappa shape index (κ3) is 7.83. The summed E-state index contributed by atoms with van der Waals surface area (Å²) < 4.78 is 0. The number of nitrogens with two attached hydrogens (primary N) is 1. The van der Waals surface area contributed by atoms with Crippen molar-refractivity contribution in [3.8, 4) is 5.75 Å². The zero-order valence-electron chi connectivity index (χ0n) is 20.1. The molecule has 3 amide bonds. The molecule has 3 rings (SSSR count). The molecule has 0 aliphatic rings. The first kappa shape index (κ1) is 25.7. The molecule has 0 saturated heterocycles. The monoisotopic (exact) mass is 480 g/mol. The summed E-state index contributed by atoms with van der Waals surface area (Å²) in [6.07, 6.45) is 0.0242. The molecule has 3 aromatic rings. The summed E-state index contributed by atoms with van der Waals surface area (Å²) >= 11 is 0. The molecule has 2 aromatic carbocycles. The maximum atomic E-state index is 12.4. The van der Waals surface area contributed by atoms with Crippen LogP contribution in [0.15, 0.2) is 48.5 Å². The van der Waals surface area contributed by atoms with E-state index in [0.29, 0.717) is 17.8 Å². The average Bonchev–Trinajstić information content (AvgIpc) is 3.17. The largest absolute Gasteiger partial charge is 0.506 e. The topological polar surface area (TPSA) is 165 Å². The number of hydrogen-bond donors (Lipinski definition) is 7. The molecule has 1 aromatic heterocycles. The van der Waals surface area contributed by atoms with E-state index in [1.807, 2.05) is 45.0 Å². The number of rotatable bonds is 10. The Balaban J connectivity index is 1.57. The number of carbonyl (C=O) groups is 2. The first-order valence-electron chi connectivity index (χ1n) is 11.2. The normalized spacial score (nSPS) is 12.2. The van der Waals surface area contributed by atoms with E-state index in [0.717, 1.165) is 16.8 Å². The fraction of sp³-hybridized carbons (Fsp3) is 0.320. The highest BCUT2D eigenvalue weighted by molar-refractivity contribution is 5.91. The number of amides is 3. The van der Waals surface area contributed by atoms with E-state index in [9.17, 15) is 19.8 Å². The summed E-state index contributed by atoms with van der Waals surface area (Å²) in [5, 5.41) is 35.8. The minimum Gasteiger partial charge on any atom is -0.506 e. The number of aryl methyl sites for hydroxylation is 1. The Labute approximate surface area is 203 Å². The van der Waals surface area contributed by atoms with Gasteiger partial charge in [-0.3, -0.25) is 9.89 Å². The van der Waals surface area contributed by atoms with Crippen LogP contribution in [0.4, 0.5) is 16.3 Å². The number of nitrogens with zero attached hydrogens (tertiary/aromatic N) is 1. The van der Waals surface area contributed by atoms with E-state index >= 15 is 0 Å². The van der Waals surface area contributed by atoms with Crippen molar-refractivity contribution in [2.24, 2.45) is 5.73 Å². The molecule has 10 nitrogen and oxygen atoms in total. The number of aliphatic hydroxyl groups excluding tert-OH is 1. The quantitative estimate of drug-likeness (QED) is 0.220. The number of aromatic nitrogens is 2. The summed E-state index contributed by atoms with van der Waals surface area (Å²) in [5.74, 6) is 0.216. The minimum absolute atomic E-state index is 0.136. The van der Waals surface area contributed by atoms with Gasteiger partial charge in [0, 0.05) is 23.8 Å². The van der Waals surface area contributed by atoms with Crippen LogP contribution in [0.1, 0.15) is 42.3 Å². The van der Waals surface area contributed by atoms with Gasteiger partial charge in [0.25, 0.3) is 0 Å². The van der Waals surface area contributed by atoms with Crippen LogP contribution in [0.3, 0.4) is 0 Å². The first-order chi connectivity index (χ1) is 16.5. The summed E-state index contributed by atoms with van der Waals surface area (Å²) in [6, 6.07) is 13.3. The van der Waals surface area contributed by atoms with E-state index in [1.54, 1.807) is 12.1 Å². The molecule has 1 heterocycles. The first-order valence-corrected chi connectivity index (χ1v) is 11.2. The van der Waals surface area contributed by atoms with Crippen molar-refractivity contribution < 1.29 is 19.8 Å². The van der Waals surface area contributed by atoms with E-state index in [-0.39, 0.29) is 35.8 Å². The number of phenolic OH excluding ortho intramolecular Hbond substituents is 1. The molecule has 0 aliphatic heterocycles. The third-order valence-corrected chi connectivity index (χ3v) is 5.41. The lowest BCUT2D eigenvalue weighted by Crippen LogP contribution is -2.43. The van der Waals surface area contributed by atoms with Gasteiger partial charge in [0.15, 0.2) is 5.82 Å². The van der Waals surface area contributed by atoms with Gasteiger partial charge in [0.2, 0.25) is 5.91 Å². The Hall–Kier alpha value is -3.89. The summed E-state index contributed by atoms with van der Waals surface area (Å²) in [6.45, 7) is 6.16. The summed E-state index contributed by atoms with van der Waals surface area (Å²) in [7, 11) is 0. The summed E-state index contributed by atoms with van der Waals surface area (Å²) in [5.41, 5.74) is 8.23. The lowest BCUT2D eigenvalue weighted by atomic mass is 9.93. The molecule has 0 unspecified atom stereocenters. The van der Waals surface area contributed by atoms with Gasteiger partial charge in [-0.15, -0.1) is 0 Å². The van der Waals surface area contributed by atoms with E-state index in [2.05, 4.69) is 26.1 Å². The number of aromatic hydroxyl groups is 1. The van der Waals surface area contributed by atoms with Gasteiger partial charge in [0.05, 0.1) is 18.2 Å². The van der Waals surface area contributed by atoms with Crippen molar-refractivity contribution in [3.63, 3.8) is 0 Å². The number of aromatic amines is 1. The zero-order valence-corrected chi connectivity index (χ0v) is 20.1. The van der Waals surface area contributed by atoms with Crippen molar-refractivity contribution in [1.82, 2.24) is 15.5 Å². The predicted molar refractivity (Wildman–Crippen MR) is 134 cm³/mol. The van der Waals surface area contributed by atoms with Crippen LogP contribution in [-0.2, 0) is 17.6 Å². The molecule has 0 saturated carbocycles. The Bertz CT molecular complexity index is 1190. The van der Waals surface area contributed by atoms with Crippen LogP contribution in [0.25, 0.3) is 0 Å². The molecule has 0 bridgehead atoms. The Morgan fingerprint density at radius 2 is 1.86 bits per heavy atom. The zero-order chi connectivity index (χ0) is 25.6. The van der Waals surface area contributed by atoms with Crippen LogP contribution >= 0.6 is 0 Å². The number of hydrogen-bond acceptors (Lipinski definition) is 6. The second-order valence-corrected chi connectivity index (χ2v) is 9.20. The fourth-order valence-corrected chi connectivity index (χ4v) is 3.76. The second-order valence-electron chi connectivity index (χ2n) is 9.20. The SMILES string of the molecule is Cc1cc(NC(=O)Cc2cccc(CC(C)(C)NC[C@H](O)c3ccc(O)c(NC(N)=O)c3)c2)n[nH]1. The Morgan fingerprint density at radius 3 is 2.54 bits per heavy atom. The molecule has 35 heavy (non-hydrogen) atoms. The van der Waals surface area contributed by atoms with Crippen molar-refractivity contribution in [2.75, 3.05) is 17.2 Å². The number of primary amides is 1. The van der Waals surface area contributed by atoms with Gasteiger partial charge < -0.3 is 31.9 Å². The number of benzene rings is 2. The second kappa shape index (κ2) is 11.0. The number of nitrogens with one attached hydrogen (secondary N) is 4. The van der Waals surface area contributed by atoms with Crippen LogP contribution in [-0.4, -0.2) is 44.4 Å². The number of H-pyrrole nitrogens is 1. The predicted octanol–water partition coefficient (Wildman–Crippen LogP) is 2.74. The number of anilines is 2. The lowest BCUT2D eigenvalue weighted by molar-refractivity contribution is -0.115. The number of aliphatic hydroxyl groups is 1. The van der Waals surface area contributed by atoms with Crippen LogP contribution < -0.4 is 21.7 Å². The van der Waals surface area contributed by atoms with Crippen molar-refractivity contribution >= 4 is 23.4 Å². The minimum atomic E-state index is -0.871. The molecule has 0 radical (unpaired) electrons. The van der Waals surface area contributed by atoms with E-state index in [4.69, 9.17) is 5.73 Å². The summed E-state index contributed by atoms with van der Waals surface area (Å²) in [4.78, 5) is 23.5. The standard InChI is InChI=1S/C25H32N6O4/c1-15-9-22(31-30-15)29-23(34)11-16-5-4-6-17(10-16)13-25(2,3)27-14-21(33)18-7-8-20(32)19(12-18)28-24(26)35/h4-10,12,21,27,32-33H,11,13-14H2,1-3H3,(H3,26,28,35)(H2,29,30,31,34)/t21-/m0/s1. The van der Waals surface area contributed by atoms with Crippen LogP contribution in [0, 0.1) is 6.92 Å². The fourth-order valence-electron chi connectivity index (χ4n) is 3.76. The van der Waals surface area contributed by atoms with Crippen molar-refractivity contribution in [1.29, 1.82) is 0 Å². The molecule has 0 spiro atoms. The third-order valence-electron chi connectivity index (χ3n) is 5.41. The molecule has 186 valence electrons. The van der Waals surface area contributed by atoms with Crippen molar-refractivity contribution in [2.45, 2.75) is 45.3 Å². The van der Waals surface area contributed by atoms with E-state index in [1.165, 1.54) is 12.1 Å². The molecule has 1 atom stereocenters. The number of phenols is 1. The Kier molecular flexibility index (Phi) is 8.10. The number of carbonyl (C=O) groups excluding carboxylic acids is 2. The lowest BCUT2D eigenvalue weighted by Gasteiger charge is -2.28. The van der Waals surface area contributed by atoms with Gasteiger partial charge >= 0.3 is 6.03 Å². The highest BCUT2D eigenvalue weighted by Crippen LogP contribution is 2.27. The van der Waals surface area contributed by atoms with Crippen molar-refractivity contribution in [3.05, 3.63) is 70.9 Å². The van der Waals surface area contributed by atoms with E-state index < -0.39 is 12.1 Å². The number of β-amino-alcohol motifs (C(OH)–C–C–N with tert-alkyl or cyclic N) is 1. The molecular weight excluding hydrogens is 448 g/mol. The van der Waals surface area contributed by atoms with Crippen LogP contribution in [0.2, 0.25) is 0 Å². The van der Waals surface area contributed by atoms with Gasteiger partial charge in [-0.1, -0.05) is 30.3 Å². The molecule has 0 fully saturated rings. The average molecular weight is 481 g/mol. The van der Waals surface area contributed by atoms with Gasteiger partial charge in [-0.2, -0.15) is 5.10 Å². The molecular formula is C25H32N6O4. The van der Waals surface area contributed by atoms with Gasteiger partial charge in [-0.05, 0) is 56.0 Å². The maximum Gasteiger partial charge on any atom is 0.316 e. The number of urea groups is 1. The van der Waals surface area contributed by atoms with Gasteiger partial charge in [0.1, 0.15) is 5.75 Å². The molecule has 8 N–H and O–H groups in total. The van der Waals surface area contributed by atoms with Gasteiger partial charge in [-0.25, -0.2) is 4.79 Å². The molecule has 0 aliphatic carbocycles. The highest BCUT2D eigenvalue weighted by Gasteiger charge is 2.21. The maximum absolute atomic E-state index is 12.4. The highest BCUT2D eigenvalue weighted by atomic mass is 16.3. The van der Waals surface area contributed by atoms with Crippen LogP contribution in [0.5, 0.6) is 5.75 Å². The smallest absolute Gasteiger partial charge is 0.316 e.